The maximum absolute atomic E-state index is 12.7. The fourth-order valence-electron chi connectivity index (χ4n) is 4.10. The van der Waals surface area contributed by atoms with Crippen molar-refractivity contribution in [1.82, 2.24) is 15.1 Å². The highest BCUT2D eigenvalue weighted by Crippen LogP contribution is 2.08. The first-order valence-electron chi connectivity index (χ1n) is 14.8. The summed E-state index contributed by atoms with van der Waals surface area (Å²) in [6.45, 7) is 8.44. The Balaban J connectivity index is 1.48. The number of hydrogen-bond donors (Lipinski definition) is 1. The van der Waals surface area contributed by atoms with Gasteiger partial charge < -0.3 is 15.1 Å². The number of piperazine rings is 1. The highest BCUT2D eigenvalue weighted by molar-refractivity contribution is 6.39. The summed E-state index contributed by atoms with van der Waals surface area (Å²) in [7, 11) is 0. The normalized spacial score (nSPS) is 17.4. The number of aliphatic imine (C=N–C) groups is 2. The van der Waals surface area contributed by atoms with Crippen LogP contribution in [0.5, 0.6) is 0 Å². The monoisotopic (exact) mass is 545 g/mol. The van der Waals surface area contributed by atoms with Gasteiger partial charge in [0.2, 0.25) is 5.91 Å². The Morgan fingerprint density at radius 2 is 1.75 bits per heavy atom. The third kappa shape index (κ3) is 14.5. The standard InChI is InChI=1S/C33H47N5O2/c1-3-30(2)18-14-12-10-8-6-4-5-7-9-11-13-15-21-34-23-17-20-32(39)37-26-28-38(29-27-37)33(40)31-19-16-22-35-24-25-36-31/h5,7,11,13,18,21,35H,3-4,6,9,12,14-15,17,19-20,23-29H2,1-2H3/b7-5-,13-11-,30-18-,34-21-,36-31+. The molecule has 7 nitrogen and oxygen atoms in total. The van der Waals surface area contributed by atoms with Crippen LogP contribution in [0.2, 0.25) is 0 Å². The first-order valence-corrected chi connectivity index (χ1v) is 14.8. The van der Waals surface area contributed by atoms with Crippen LogP contribution < -0.4 is 5.32 Å². The molecule has 2 heterocycles. The van der Waals surface area contributed by atoms with E-state index in [1.54, 1.807) is 4.90 Å². The van der Waals surface area contributed by atoms with Crippen LogP contribution in [0.4, 0.5) is 0 Å². The molecule has 0 saturated carbocycles. The fourth-order valence-corrected chi connectivity index (χ4v) is 4.10. The number of rotatable bonds is 14. The lowest BCUT2D eigenvalue weighted by Crippen LogP contribution is -2.52. The summed E-state index contributed by atoms with van der Waals surface area (Å²) in [5.74, 6) is 9.50. The van der Waals surface area contributed by atoms with Gasteiger partial charge in [-0.1, -0.05) is 48.8 Å². The zero-order chi connectivity index (χ0) is 28.7. The highest BCUT2D eigenvalue weighted by Gasteiger charge is 2.26. The average molecular weight is 546 g/mol. The van der Waals surface area contributed by atoms with Crippen LogP contribution in [-0.2, 0) is 9.59 Å². The predicted octanol–water partition coefficient (Wildman–Crippen LogP) is 4.72. The molecule has 1 N–H and O–H groups in total. The Morgan fingerprint density at radius 1 is 1.02 bits per heavy atom. The number of amides is 2. The van der Waals surface area contributed by atoms with Crippen LogP contribution in [0.15, 0.2) is 45.9 Å². The number of hydrogen-bond acceptors (Lipinski definition) is 5. The molecule has 0 aromatic heterocycles. The smallest absolute Gasteiger partial charge is 0.268 e. The van der Waals surface area contributed by atoms with Gasteiger partial charge in [0.25, 0.3) is 5.91 Å². The van der Waals surface area contributed by atoms with Gasteiger partial charge in [0.05, 0.1) is 13.0 Å². The Kier molecular flexibility index (Phi) is 17.3. The Labute approximate surface area is 242 Å². The Hall–Kier alpha value is -3.58. The molecule has 2 aliphatic heterocycles. The number of nitrogens with one attached hydrogen (secondary N) is 1. The topological polar surface area (TPSA) is 77.4 Å². The van der Waals surface area contributed by atoms with E-state index >= 15 is 0 Å². The van der Waals surface area contributed by atoms with E-state index in [4.69, 9.17) is 0 Å². The number of unbranched alkanes of at least 4 members (excludes halogenated alkanes) is 2. The van der Waals surface area contributed by atoms with Gasteiger partial charge in [-0.2, -0.15) is 0 Å². The molecule has 40 heavy (non-hydrogen) atoms. The van der Waals surface area contributed by atoms with Gasteiger partial charge in [-0.3, -0.25) is 19.6 Å². The molecule has 2 aliphatic rings. The van der Waals surface area contributed by atoms with Crippen molar-refractivity contribution in [2.75, 3.05) is 45.8 Å². The fraction of sp³-hybridized carbons (Fsp3) is 0.576. The third-order valence-corrected chi connectivity index (χ3v) is 6.67. The molecular weight excluding hydrogens is 498 g/mol. The zero-order valence-electron chi connectivity index (χ0n) is 24.6. The van der Waals surface area contributed by atoms with Gasteiger partial charge in [0.15, 0.2) is 0 Å². The lowest BCUT2D eigenvalue weighted by atomic mass is 10.1. The molecule has 0 aromatic carbocycles. The lowest BCUT2D eigenvalue weighted by molar-refractivity contribution is -0.136. The van der Waals surface area contributed by atoms with Crippen molar-refractivity contribution >= 4 is 23.7 Å². The molecule has 0 spiro atoms. The maximum Gasteiger partial charge on any atom is 0.268 e. The molecule has 0 atom stereocenters. The summed E-state index contributed by atoms with van der Waals surface area (Å²) in [6.07, 6.45) is 21.2. The number of nitrogens with zero attached hydrogens (tertiary/aromatic N) is 4. The van der Waals surface area contributed by atoms with Crippen LogP contribution in [0.25, 0.3) is 0 Å². The second kappa shape index (κ2) is 21.3. The molecule has 0 aromatic rings. The number of allylic oxidation sites excluding steroid dienone is 6. The molecule has 216 valence electrons. The molecule has 0 radical (unpaired) electrons. The molecule has 7 heteroatoms. The van der Waals surface area contributed by atoms with Crippen LogP contribution in [0, 0.1) is 23.8 Å². The summed E-state index contributed by atoms with van der Waals surface area (Å²) >= 11 is 0. The zero-order valence-corrected chi connectivity index (χ0v) is 24.6. The summed E-state index contributed by atoms with van der Waals surface area (Å²) < 4.78 is 0. The van der Waals surface area contributed by atoms with Crippen molar-refractivity contribution in [1.29, 1.82) is 0 Å². The third-order valence-electron chi connectivity index (χ3n) is 6.67. The van der Waals surface area contributed by atoms with E-state index in [-0.39, 0.29) is 11.8 Å². The molecule has 1 saturated heterocycles. The molecule has 0 aliphatic carbocycles. The van der Waals surface area contributed by atoms with Crippen molar-refractivity contribution in [2.24, 2.45) is 9.98 Å². The summed E-state index contributed by atoms with van der Waals surface area (Å²) in [5.41, 5.74) is 1.97. The van der Waals surface area contributed by atoms with E-state index in [1.165, 1.54) is 5.57 Å². The summed E-state index contributed by atoms with van der Waals surface area (Å²) in [6, 6.07) is 2.83. The minimum atomic E-state index is -0.0513. The lowest BCUT2D eigenvalue weighted by Gasteiger charge is -2.35. The van der Waals surface area contributed by atoms with Crippen LogP contribution in [-0.4, -0.2) is 79.4 Å². The second-order valence-electron chi connectivity index (χ2n) is 9.85. The van der Waals surface area contributed by atoms with Crippen molar-refractivity contribution in [3.63, 3.8) is 0 Å². The largest absolute Gasteiger partial charge is 0.344 e. The first-order chi connectivity index (χ1) is 19.6. The van der Waals surface area contributed by atoms with Crippen molar-refractivity contribution in [2.45, 2.75) is 78.1 Å². The van der Waals surface area contributed by atoms with Gasteiger partial charge in [0, 0.05) is 77.2 Å². The molecule has 1 fully saturated rings. The van der Waals surface area contributed by atoms with Crippen LogP contribution in [0.3, 0.4) is 0 Å². The maximum atomic E-state index is 12.7. The molecule has 2 amide bonds. The van der Waals surface area contributed by atoms with Crippen LogP contribution >= 0.6 is 0 Å². The second-order valence-corrected chi connectivity index (χ2v) is 9.85. The minimum absolute atomic E-state index is 0.0513. The van der Waals surface area contributed by atoms with Gasteiger partial charge in [-0.05, 0) is 39.0 Å². The molecule has 2 rings (SSSR count). The minimum Gasteiger partial charge on any atom is -0.344 e. The molecule has 0 bridgehead atoms. The average Bonchev–Trinajstić information content (AvgIpc) is 2.95. The van der Waals surface area contributed by atoms with Gasteiger partial charge in [-0.15, -0.1) is 11.8 Å². The summed E-state index contributed by atoms with van der Waals surface area (Å²) in [5, 5.41) is 2.94. The van der Waals surface area contributed by atoms with Crippen LogP contribution in [0.1, 0.15) is 78.1 Å². The van der Waals surface area contributed by atoms with Gasteiger partial charge >= 0.3 is 0 Å². The number of carbonyl (C=O) groups is 2. The van der Waals surface area contributed by atoms with E-state index in [0.717, 1.165) is 51.4 Å². The van der Waals surface area contributed by atoms with E-state index in [1.807, 2.05) is 11.1 Å². The van der Waals surface area contributed by atoms with E-state index in [9.17, 15) is 9.59 Å². The van der Waals surface area contributed by atoms with Crippen molar-refractivity contribution in [3.05, 3.63) is 36.0 Å². The molecular formula is C33H47N5O2. The van der Waals surface area contributed by atoms with Crippen molar-refractivity contribution < 1.29 is 9.59 Å². The predicted molar refractivity (Wildman–Crippen MR) is 166 cm³/mol. The van der Waals surface area contributed by atoms with Crippen molar-refractivity contribution in [3.8, 4) is 23.8 Å². The van der Waals surface area contributed by atoms with Gasteiger partial charge in [-0.25, -0.2) is 0 Å². The van der Waals surface area contributed by atoms with Gasteiger partial charge in [0.1, 0.15) is 5.71 Å². The first kappa shape index (κ1) is 32.6. The Bertz CT molecular complexity index is 1050. The summed E-state index contributed by atoms with van der Waals surface area (Å²) in [4.78, 5) is 37.7. The SMILES string of the molecule is CC/C(C)=C\CCC#CCC/C=C\C/C=C\C/C=N\CCCC(=O)N1CCN(C(=O)/C2=N/CCNC#CC2)CC1. The van der Waals surface area contributed by atoms with E-state index in [0.29, 0.717) is 64.4 Å². The molecule has 0 unspecified atom stereocenters. The number of carbonyl (C=O) groups excluding carboxylic acids is 2. The quantitative estimate of drug-likeness (QED) is 0.149. The highest BCUT2D eigenvalue weighted by atomic mass is 16.2. The van der Waals surface area contributed by atoms with E-state index in [2.05, 4.69) is 83.3 Å². The van der Waals surface area contributed by atoms with E-state index < -0.39 is 0 Å². The Morgan fingerprint density at radius 3 is 2.55 bits per heavy atom.